The van der Waals surface area contributed by atoms with Gasteiger partial charge in [0.2, 0.25) is 12.1 Å². The van der Waals surface area contributed by atoms with E-state index < -0.39 is 23.5 Å². The van der Waals surface area contributed by atoms with Gasteiger partial charge in [0.15, 0.2) is 11.5 Å². The number of phenolic OH excluding ortho intramolecular Hbond substituents is 1. The van der Waals surface area contributed by atoms with Crippen LogP contribution in [0.2, 0.25) is 0 Å². The van der Waals surface area contributed by atoms with Crippen LogP contribution in [0, 0.1) is 0 Å². The van der Waals surface area contributed by atoms with Gasteiger partial charge in [0.05, 0.1) is 19.2 Å². The van der Waals surface area contributed by atoms with Gasteiger partial charge in [0.25, 0.3) is 5.91 Å². The normalized spacial score (nSPS) is 20.2. The third-order valence-electron chi connectivity index (χ3n) is 6.71. The Morgan fingerprint density at radius 2 is 2.11 bits per heavy atom. The lowest BCUT2D eigenvalue weighted by atomic mass is 9.94. The van der Waals surface area contributed by atoms with Gasteiger partial charge in [-0.15, -0.1) is 0 Å². The molecule has 2 unspecified atom stereocenters. The van der Waals surface area contributed by atoms with Gasteiger partial charge < -0.3 is 24.6 Å². The summed E-state index contributed by atoms with van der Waals surface area (Å²) in [7, 11) is 0. The molecule has 37 heavy (non-hydrogen) atoms. The second kappa shape index (κ2) is 10.0. The summed E-state index contributed by atoms with van der Waals surface area (Å²) in [5.41, 5.74) is 1.66. The first-order chi connectivity index (χ1) is 17.9. The largest absolute Gasteiger partial charge is 0.872 e. The smallest absolute Gasteiger partial charge is 0.295 e. The lowest BCUT2D eigenvalue weighted by Gasteiger charge is -2.28. The molecular formula is C28H29N3O6. The lowest BCUT2D eigenvalue weighted by molar-refractivity contribution is -0.695. The van der Waals surface area contributed by atoms with Crippen molar-refractivity contribution in [3.05, 3.63) is 77.4 Å². The van der Waals surface area contributed by atoms with Gasteiger partial charge in [-0.25, -0.2) is 4.57 Å². The SMILES string of the molecule is CCOc1cc(C2/C(=C(\[O-])c3ccc4c(c3)CC(C)O4)C(=O)C(=O)N2CCC[n+]2cc[nH]c2)ccc1O. The molecule has 1 saturated heterocycles. The van der Waals surface area contributed by atoms with Crippen molar-refractivity contribution in [3.63, 3.8) is 0 Å². The summed E-state index contributed by atoms with van der Waals surface area (Å²) >= 11 is 0. The first kappa shape index (κ1) is 24.4. The Morgan fingerprint density at radius 3 is 2.86 bits per heavy atom. The molecule has 1 fully saturated rings. The average Bonchev–Trinajstić information content (AvgIpc) is 3.59. The second-order valence-corrected chi connectivity index (χ2v) is 9.29. The Morgan fingerprint density at radius 1 is 1.27 bits per heavy atom. The maximum Gasteiger partial charge on any atom is 0.295 e. The fourth-order valence-electron chi connectivity index (χ4n) is 5.02. The molecule has 2 aromatic carbocycles. The summed E-state index contributed by atoms with van der Waals surface area (Å²) in [5.74, 6) is -1.11. The predicted molar refractivity (Wildman–Crippen MR) is 131 cm³/mol. The first-order valence-corrected chi connectivity index (χ1v) is 12.4. The summed E-state index contributed by atoms with van der Waals surface area (Å²) in [6.45, 7) is 4.96. The molecule has 1 aromatic heterocycles. The first-order valence-electron chi connectivity index (χ1n) is 12.4. The van der Waals surface area contributed by atoms with Crippen LogP contribution < -0.4 is 19.1 Å². The van der Waals surface area contributed by atoms with E-state index in [2.05, 4.69) is 4.98 Å². The number of nitrogens with zero attached hydrogens (tertiary/aromatic N) is 2. The number of ketones is 1. The van der Waals surface area contributed by atoms with Crippen molar-refractivity contribution in [2.45, 2.75) is 45.4 Å². The number of imidazole rings is 1. The molecule has 2 N–H and O–H groups in total. The molecule has 0 aliphatic carbocycles. The third kappa shape index (κ3) is 4.64. The van der Waals surface area contributed by atoms with Crippen LogP contribution in [0.25, 0.3) is 5.76 Å². The molecule has 9 nitrogen and oxygen atoms in total. The minimum atomic E-state index is -0.896. The quantitative estimate of drug-likeness (QED) is 0.210. The van der Waals surface area contributed by atoms with E-state index in [1.807, 2.05) is 24.0 Å². The maximum absolute atomic E-state index is 13.8. The number of likely N-dealkylation sites (tertiary alicyclic amines) is 1. The van der Waals surface area contributed by atoms with E-state index in [1.54, 1.807) is 43.5 Å². The molecule has 0 radical (unpaired) electrons. The van der Waals surface area contributed by atoms with Gasteiger partial charge in [-0.3, -0.25) is 14.6 Å². The summed E-state index contributed by atoms with van der Waals surface area (Å²) in [6.07, 6.45) is 6.74. The van der Waals surface area contributed by atoms with Crippen molar-refractivity contribution in [1.29, 1.82) is 0 Å². The van der Waals surface area contributed by atoms with E-state index >= 15 is 0 Å². The number of hydrogen-bond donors (Lipinski definition) is 2. The molecule has 0 spiro atoms. The minimum Gasteiger partial charge on any atom is -0.872 e. The van der Waals surface area contributed by atoms with Crippen molar-refractivity contribution in [2.75, 3.05) is 13.2 Å². The number of rotatable bonds is 8. The third-order valence-corrected chi connectivity index (χ3v) is 6.71. The number of aromatic nitrogens is 2. The van der Waals surface area contributed by atoms with Crippen LogP contribution >= 0.6 is 0 Å². The molecule has 3 heterocycles. The van der Waals surface area contributed by atoms with Crippen molar-refractivity contribution in [3.8, 4) is 17.2 Å². The number of H-pyrrole nitrogens is 1. The van der Waals surface area contributed by atoms with E-state index in [-0.39, 0.29) is 29.7 Å². The number of hydrogen-bond acceptors (Lipinski definition) is 6. The number of benzene rings is 2. The molecule has 2 aliphatic heterocycles. The van der Waals surface area contributed by atoms with E-state index in [0.29, 0.717) is 37.1 Å². The van der Waals surface area contributed by atoms with Crippen LogP contribution in [-0.4, -0.2) is 45.9 Å². The lowest BCUT2D eigenvalue weighted by Crippen LogP contribution is -2.36. The number of carbonyl (C=O) groups is 2. The van der Waals surface area contributed by atoms with Gasteiger partial charge in [-0.2, -0.15) is 0 Å². The van der Waals surface area contributed by atoms with Crippen molar-refractivity contribution in [1.82, 2.24) is 9.88 Å². The molecule has 0 saturated carbocycles. The van der Waals surface area contributed by atoms with Crippen LogP contribution in [0.5, 0.6) is 17.2 Å². The van der Waals surface area contributed by atoms with E-state index in [9.17, 15) is 19.8 Å². The van der Waals surface area contributed by atoms with Crippen molar-refractivity contribution < 1.29 is 33.8 Å². The number of phenols is 1. The number of carbonyl (C=O) groups excluding carboxylic acids is 2. The topological polar surface area (TPSA) is 119 Å². The van der Waals surface area contributed by atoms with Crippen LogP contribution in [0.3, 0.4) is 0 Å². The van der Waals surface area contributed by atoms with Crippen LogP contribution in [0.15, 0.2) is 60.7 Å². The zero-order valence-electron chi connectivity index (χ0n) is 20.8. The summed E-state index contributed by atoms with van der Waals surface area (Å²) < 4.78 is 13.2. The molecule has 9 heteroatoms. The highest BCUT2D eigenvalue weighted by Gasteiger charge is 2.44. The van der Waals surface area contributed by atoms with Gasteiger partial charge >= 0.3 is 0 Å². The number of amides is 1. The number of fused-ring (bicyclic) bond motifs is 1. The Labute approximate surface area is 214 Å². The Kier molecular flexibility index (Phi) is 6.60. The highest BCUT2D eigenvalue weighted by molar-refractivity contribution is 6.46. The highest BCUT2D eigenvalue weighted by Crippen LogP contribution is 2.42. The number of aromatic hydroxyl groups is 1. The van der Waals surface area contributed by atoms with Gasteiger partial charge in [-0.1, -0.05) is 17.9 Å². The highest BCUT2D eigenvalue weighted by atomic mass is 16.5. The van der Waals surface area contributed by atoms with Crippen LogP contribution in [0.1, 0.15) is 43.0 Å². The number of ether oxygens (including phenoxy) is 2. The Balaban J connectivity index is 1.56. The molecule has 5 rings (SSSR count). The maximum atomic E-state index is 13.8. The second-order valence-electron chi connectivity index (χ2n) is 9.29. The Bertz CT molecular complexity index is 1360. The molecule has 192 valence electrons. The summed E-state index contributed by atoms with van der Waals surface area (Å²) in [4.78, 5) is 31.0. The molecular weight excluding hydrogens is 474 g/mol. The molecule has 0 bridgehead atoms. The van der Waals surface area contributed by atoms with Crippen LogP contribution in [0.4, 0.5) is 0 Å². The molecule has 2 aliphatic rings. The summed E-state index contributed by atoms with van der Waals surface area (Å²) in [6, 6.07) is 8.89. The van der Waals surface area contributed by atoms with Crippen molar-refractivity contribution >= 4 is 17.4 Å². The van der Waals surface area contributed by atoms with Gasteiger partial charge in [-0.05, 0) is 54.8 Å². The zero-order chi connectivity index (χ0) is 26.1. The number of aromatic amines is 1. The Hall–Kier alpha value is -4.27. The monoisotopic (exact) mass is 503 g/mol. The summed E-state index contributed by atoms with van der Waals surface area (Å²) in [5, 5.41) is 24.0. The van der Waals surface area contributed by atoms with Crippen LogP contribution in [-0.2, 0) is 22.6 Å². The van der Waals surface area contributed by atoms with Gasteiger partial charge in [0, 0.05) is 25.0 Å². The van der Waals surface area contributed by atoms with E-state index in [0.717, 1.165) is 11.3 Å². The zero-order valence-corrected chi connectivity index (χ0v) is 20.8. The fraction of sp³-hybridized carbons (Fsp3) is 0.321. The van der Waals surface area contributed by atoms with Gasteiger partial charge in [0.1, 0.15) is 24.2 Å². The van der Waals surface area contributed by atoms with Crippen molar-refractivity contribution in [2.24, 2.45) is 0 Å². The van der Waals surface area contributed by atoms with E-state index in [1.165, 1.54) is 11.0 Å². The molecule has 3 aromatic rings. The molecule has 1 amide bonds. The number of aryl methyl sites for hydroxylation is 1. The number of Topliss-reactive ketones (excluding diaryl/α,β-unsaturated/α-hetero) is 1. The number of nitrogens with one attached hydrogen (secondary N) is 1. The van der Waals surface area contributed by atoms with E-state index in [4.69, 9.17) is 9.47 Å². The predicted octanol–water partition coefficient (Wildman–Crippen LogP) is 2.04. The minimum absolute atomic E-state index is 0.0119. The molecule has 2 atom stereocenters. The average molecular weight is 504 g/mol. The fourth-order valence-corrected chi connectivity index (χ4v) is 5.02. The standard InChI is InChI=1S/C28H29N3O6/c1-3-36-23-15-18(5-7-21(23)32)25-24(26(33)19-6-8-22-20(14-19)13-17(2)37-22)27(34)28(35)31(25)11-4-10-30-12-9-29-16-30/h5-9,12,14-17,25H,3-4,10-11,13H2,1-2H3,(H2,32,33,34).